The van der Waals surface area contributed by atoms with Gasteiger partial charge in [-0.15, -0.1) is 0 Å². The highest BCUT2D eigenvalue weighted by Gasteiger charge is 2.24. The smallest absolute Gasteiger partial charge is 0.232 e. The fraction of sp³-hybridized carbons (Fsp3) is 0.294. The van der Waals surface area contributed by atoms with Gasteiger partial charge in [-0.05, 0) is 37.5 Å². The predicted octanol–water partition coefficient (Wildman–Crippen LogP) is 4.26. The van der Waals surface area contributed by atoms with Crippen LogP contribution >= 0.6 is 7.37 Å². The van der Waals surface area contributed by atoms with E-state index in [9.17, 15) is 4.57 Å². The van der Waals surface area contributed by atoms with E-state index in [4.69, 9.17) is 4.52 Å². The normalized spacial score (nSPS) is 13.8. The van der Waals surface area contributed by atoms with Gasteiger partial charge in [0.1, 0.15) is 0 Å². The fourth-order valence-corrected chi connectivity index (χ4v) is 4.42. The van der Waals surface area contributed by atoms with Crippen LogP contribution in [0.5, 0.6) is 0 Å². The second-order valence-electron chi connectivity index (χ2n) is 4.74. The molecule has 0 N–H and O–H groups in total. The Bertz CT molecular complexity index is 552. The molecule has 2 aromatic carbocycles. The van der Waals surface area contributed by atoms with E-state index in [1.165, 1.54) is 5.56 Å². The van der Waals surface area contributed by atoms with E-state index < -0.39 is 7.37 Å². The Kier molecular flexibility index (Phi) is 5.58. The zero-order valence-electron chi connectivity index (χ0n) is 11.9. The standard InChI is InChI=1S/C17H21O2P/c1-2-19-20(18,17-13-7-4-8-14-17)15-9-12-16-10-5-3-6-11-16/h3-8,10-11,13-14H,2,9,12,15H2,1H3. The van der Waals surface area contributed by atoms with Crippen LogP contribution in [0.4, 0.5) is 0 Å². The van der Waals surface area contributed by atoms with Gasteiger partial charge < -0.3 is 4.52 Å². The fourth-order valence-electron chi connectivity index (χ4n) is 2.27. The van der Waals surface area contributed by atoms with Crippen molar-refractivity contribution < 1.29 is 9.09 Å². The Labute approximate surface area is 121 Å². The Morgan fingerprint density at radius 3 is 2.15 bits per heavy atom. The minimum absolute atomic E-state index is 0.484. The van der Waals surface area contributed by atoms with Gasteiger partial charge in [-0.1, -0.05) is 48.5 Å². The van der Waals surface area contributed by atoms with Crippen molar-refractivity contribution in [1.29, 1.82) is 0 Å². The van der Waals surface area contributed by atoms with Gasteiger partial charge in [0.05, 0.1) is 6.61 Å². The Balaban J connectivity index is 2.01. The van der Waals surface area contributed by atoms with Gasteiger partial charge >= 0.3 is 0 Å². The topological polar surface area (TPSA) is 26.3 Å². The Morgan fingerprint density at radius 2 is 1.55 bits per heavy atom. The molecule has 1 atom stereocenters. The van der Waals surface area contributed by atoms with Crippen LogP contribution in [-0.4, -0.2) is 12.8 Å². The van der Waals surface area contributed by atoms with Gasteiger partial charge in [-0.25, -0.2) is 0 Å². The molecule has 0 saturated carbocycles. The number of hydrogen-bond acceptors (Lipinski definition) is 2. The van der Waals surface area contributed by atoms with Crippen LogP contribution in [0.25, 0.3) is 0 Å². The summed E-state index contributed by atoms with van der Waals surface area (Å²) >= 11 is 0. The maximum atomic E-state index is 13.0. The third-order valence-electron chi connectivity index (χ3n) is 3.25. The van der Waals surface area contributed by atoms with Crippen LogP contribution in [0.2, 0.25) is 0 Å². The zero-order chi connectivity index (χ0) is 14.3. The molecule has 106 valence electrons. The average Bonchev–Trinajstić information content (AvgIpc) is 2.49. The average molecular weight is 288 g/mol. The molecule has 2 aromatic rings. The number of rotatable bonds is 7. The van der Waals surface area contributed by atoms with E-state index in [-0.39, 0.29) is 0 Å². The van der Waals surface area contributed by atoms with Crippen molar-refractivity contribution in [3.63, 3.8) is 0 Å². The highest BCUT2D eigenvalue weighted by molar-refractivity contribution is 7.67. The van der Waals surface area contributed by atoms with Gasteiger partial charge in [-0.2, -0.15) is 0 Å². The van der Waals surface area contributed by atoms with Crippen LogP contribution in [0.1, 0.15) is 18.9 Å². The van der Waals surface area contributed by atoms with Crippen LogP contribution in [0, 0.1) is 0 Å². The van der Waals surface area contributed by atoms with Gasteiger partial charge in [-0.3, -0.25) is 4.57 Å². The highest BCUT2D eigenvalue weighted by Crippen LogP contribution is 2.46. The highest BCUT2D eigenvalue weighted by atomic mass is 31.2. The summed E-state index contributed by atoms with van der Waals surface area (Å²) in [4.78, 5) is 0. The molecule has 0 amide bonds. The molecule has 0 aliphatic heterocycles. The lowest BCUT2D eigenvalue weighted by atomic mass is 10.1. The molecular weight excluding hydrogens is 267 g/mol. The van der Waals surface area contributed by atoms with E-state index in [0.717, 1.165) is 18.1 Å². The van der Waals surface area contributed by atoms with Gasteiger partial charge in [0.25, 0.3) is 0 Å². The lowest BCUT2D eigenvalue weighted by Gasteiger charge is -2.18. The zero-order valence-corrected chi connectivity index (χ0v) is 12.8. The molecule has 0 saturated heterocycles. The van der Waals surface area contributed by atoms with Gasteiger partial charge in [0.2, 0.25) is 7.37 Å². The summed E-state index contributed by atoms with van der Waals surface area (Å²) in [6.07, 6.45) is 2.40. The molecule has 1 unspecified atom stereocenters. The summed E-state index contributed by atoms with van der Waals surface area (Å²) in [7, 11) is -2.71. The van der Waals surface area contributed by atoms with E-state index >= 15 is 0 Å². The molecule has 0 fully saturated rings. The second-order valence-corrected chi connectivity index (χ2v) is 7.31. The van der Waals surface area contributed by atoms with Crippen LogP contribution in [0.3, 0.4) is 0 Å². The molecule has 0 spiro atoms. The largest absolute Gasteiger partial charge is 0.326 e. The SMILES string of the molecule is CCOP(=O)(CCCc1ccccc1)c1ccccc1. The molecular formula is C17H21O2P. The van der Waals surface area contributed by atoms with E-state index in [1.807, 2.05) is 55.5 Å². The quantitative estimate of drug-likeness (QED) is 0.712. The molecule has 0 aliphatic rings. The minimum atomic E-state index is -2.71. The van der Waals surface area contributed by atoms with Gasteiger partial charge in [0, 0.05) is 11.5 Å². The van der Waals surface area contributed by atoms with Crippen LogP contribution in [-0.2, 0) is 15.5 Å². The Morgan fingerprint density at radius 1 is 0.950 bits per heavy atom. The summed E-state index contributed by atoms with van der Waals surface area (Å²) in [5.74, 6) is 0. The van der Waals surface area contributed by atoms with E-state index in [2.05, 4.69) is 12.1 Å². The van der Waals surface area contributed by atoms with Gasteiger partial charge in [0.15, 0.2) is 0 Å². The summed E-state index contributed by atoms with van der Waals surface area (Å²) < 4.78 is 18.6. The van der Waals surface area contributed by atoms with E-state index in [1.54, 1.807) is 0 Å². The maximum absolute atomic E-state index is 13.0. The van der Waals surface area contributed by atoms with Crippen molar-refractivity contribution in [2.75, 3.05) is 12.8 Å². The molecule has 20 heavy (non-hydrogen) atoms. The number of hydrogen-bond donors (Lipinski definition) is 0. The van der Waals surface area contributed by atoms with Crippen LogP contribution in [0.15, 0.2) is 60.7 Å². The van der Waals surface area contributed by atoms with Crippen molar-refractivity contribution in [1.82, 2.24) is 0 Å². The summed E-state index contributed by atoms with van der Waals surface area (Å²) in [5.41, 5.74) is 1.28. The first-order valence-electron chi connectivity index (χ1n) is 7.08. The molecule has 0 aromatic heterocycles. The first-order chi connectivity index (χ1) is 9.74. The molecule has 0 heterocycles. The lowest BCUT2D eigenvalue weighted by Crippen LogP contribution is -2.11. The van der Waals surface area contributed by atoms with Crippen molar-refractivity contribution in [3.05, 3.63) is 66.2 Å². The van der Waals surface area contributed by atoms with E-state index in [0.29, 0.717) is 12.8 Å². The number of aryl methyl sites for hydroxylation is 1. The number of benzene rings is 2. The van der Waals surface area contributed by atoms with Crippen molar-refractivity contribution in [2.24, 2.45) is 0 Å². The third-order valence-corrected chi connectivity index (χ3v) is 5.91. The summed E-state index contributed by atoms with van der Waals surface area (Å²) in [5, 5.41) is 0.829. The molecule has 2 nitrogen and oxygen atoms in total. The maximum Gasteiger partial charge on any atom is 0.232 e. The van der Waals surface area contributed by atoms with Crippen molar-refractivity contribution >= 4 is 12.7 Å². The molecule has 2 rings (SSSR count). The first-order valence-corrected chi connectivity index (χ1v) is 8.89. The first kappa shape index (κ1) is 15.0. The summed E-state index contributed by atoms with van der Waals surface area (Å²) in [6, 6.07) is 19.9. The van der Waals surface area contributed by atoms with Crippen molar-refractivity contribution in [2.45, 2.75) is 19.8 Å². The van der Waals surface area contributed by atoms with Crippen molar-refractivity contribution in [3.8, 4) is 0 Å². The Hall–Kier alpha value is -1.37. The lowest BCUT2D eigenvalue weighted by molar-refractivity contribution is 0.340. The molecule has 0 radical (unpaired) electrons. The second kappa shape index (κ2) is 7.42. The predicted molar refractivity (Wildman–Crippen MR) is 84.9 cm³/mol. The minimum Gasteiger partial charge on any atom is -0.326 e. The molecule has 0 bridgehead atoms. The third kappa shape index (κ3) is 4.06. The molecule has 0 aliphatic carbocycles. The molecule has 3 heteroatoms. The monoisotopic (exact) mass is 288 g/mol. The summed E-state index contributed by atoms with van der Waals surface area (Å²) in [6.45, 7) is 2.38. The van der Waals surface area contributed by atoms with Crippen LogP contribution < -0.4 is 5.30 Å².